The summed E-state index contributed by atoms with van der Waals surface area (Å²) < 4.78 is 49.6. The number of esters is 2. The molecule has 27 heteroatoms. The largest absolute Gasteiger partial charge is 0.490 e. The second-order valence-electron chi connectivity index (χ2n) is 15.2. The van der Waals surface area contributed by atoms with Gasteiger partial charge >= 0.3 is 42.0 Å². The van der Waals surface area contributed by atoms with Gasteiger partial charge in [0.1, 0.15) is 23.8 Å². The predicted molar refractivity (Wildman–Crippen MR) is 239 cm³/mol. The first-order chi connectivity index (χ1) is 32.9. The fraction of sp³-hybridized carbons (Fsp3) is 0.651. The molecule has 24 nitrogen and oxygen atoms in total. The van der Waals surface area contributed by atoms with Crippen LogP contribution in [0.1, 0.15) is 118 Å². The number of hydrogen-bond donors (Lipinski definition) is 5. The lowest BCUT2D eigenvalue weighted by Gasteiger charge is -2.11. The number of aldehydes is 1. The maximum Gasteiger partial charge on any atom is 0.490 e. The van der Waals surface area contributed by atoms with Crippen molar-refractivity contribution in [2.45, 2.75) is 136 Å². The van der Waals surface area contributed by atoms with Crippen LogP contribution in [0.2, 0.25) is 0 Å². The standard InChI is InChI=1S/C9H12N2O2.C7H8N2O.C5H8N2O3.C5H8N2O2.C5H9NO2.C5H6O2.C4H8O.C2HF3O2.CH4/c1-2-13-9(12)8-6-7-4-3-5-11(7)10-8;10-5-6-4-7-2-1-3-9(7)8-6;8-5(9)4-2-1-3-7(4)6-10;8-5-4-2-1-3-7(4)6-9-5;7-5(8)4-2-1-3-6-4;1-3-5(6)7-4-2;1-2-4-5-3-1;3-2(4,5)1(6)7;/h6H,2-5H2,1H3;4-5H,1-3H2;4H,1-3H2,(H,8,9);4,6H,1-3H2;4,6H,1-3H2,(H,7,8);1H,4H2,2H3;1-4H2;(H,6,7);1H4. The highest BCUT2D eigenvalue weighted by molar-refractivity contribution is 5.87. The van der Waals surface area contributed by atoms with E-state index in [9.17, 15) is 46.8 Å². The lowest BCUT2D eigenvalue weighted by molar-refractivity contribution is -0.192. The van der Waals surface area contributed by atoms with Crippen molar-refractivity contribution in [1.29, 1.82) is 0 Å². The van der Waals surface area contributed by atoms with Crippen molar-refractivity contribution >= 4 is 42.1 Å². The number of aryl methyl sites for hydroxylation is 4. The van der Waals surface area contributed by atoms with E-state index in [1.165, 1.54) is 25.0 Å². The van der Waals surface area contributed by atoms with Crippen molar-refractivity contribution in [2.75, 3.05) is 46.1 Å². The molecular formula is C43H64F3N9O15. The Hall–Kier alpha value is -6.50. The molecule has 7 aliphatic heterocycles. The summed E-state index contributed by atoms with van der Waals surface area (Å²) >= 11 is 0. The fourth-order valence-corrected chi connectivity index (χ4v) is 6.88. The average molecular weight is 1000 g/mol. The van der Waals surface area contributed by atoms with E-state index >= 15 is 0 Å². The number of nitroso groups, excluding NO2 is 1. The number of ether oxygens (including phenoxy) is 3. The highest BCUT2D eigenvalue weighted by atomic mass is 19.4. The molecule has 5 saturated heterocycles. The molecule has 0 radical (unpaired) electrons. The van der Waals surface area contributed by atoms with E-state index in [2.05, 4.69) is 42.4 Å². The van der Waals surface area contributed by atoms with Gasteiger partial charge in [-0.25, -0.2) is 29.0 Å². The van der Waals surface area contributed by atoms with Gasteiger partial charge in [-0.15, -0.1) is 11.3 Å². The van der Waals surface area contributed by atoms with Crippen LogP contribution in [0.15, 0.2) is 17.4 Å². The van der Waals surface area contributed by atoms with Crippen molar-refractivity contribution in [3.63, 3.8) is 0 Å². The number of terminal acetylenes is 1. The third kappa shape index (κ3) is 22.3. The smallest absolute Gasteiger partial charge is 0.480 e. The summed E-state index contributed by atoms with van der Waals surface area (Å²) in [4.78, 5) is 86.0. The Kier molecular flexibility index (Phi) is 29.1. The van der Waals surface area contributed by atoms with E-state index in [0.717, 1.165) is 108 Å². The highest BCUT2D eigenvalue weighted by Gasteiger charge is 2.39. The van der Waals surface area contributed by atoms with Crippen LogP contribution in [0, 0.1) is 17.3 Å². The lowest BCUT2D eigenvalue weighted by atomic mass is 10.2. The fourth-order valence-electron chi connectivity index (χ4n) is 6.88. The van der Waals surface area contributed by atoms with Crippen LogP contribution in [-0.4, -0.2) is 157 Å². The quantitative estimate of drug-likeness (QED) is 0.0663. The molecule has 5 N–H and O–H groups in total. The molecule has 2 aromatic rings. The Morgan fingerprint density at radius 3 is 1.87 bits per heavy atom. The number of fused-ring (bicyclic) bond motifs is 3. The number of carbonyl (C=O) groups is 7. The van der Waals surface area contributed by atoms with Crippen LogP contribution in [0.5, 0.6) is 0 Å². The Morgan fingerprint density at radius 2 is 1.47 bits per heavy atom. The van der Waals surface area contributed by atoms with Crippen LogP contribution in [0.3, 0.4) is 0 Å². The van der Waals surface area contributed by atoms with Crippen molar-refractivity contribution < 1.29 is 81.1 Å². The number of nitrogens with one attached hydrogen (secondary N) is 2. The van der Waals surface area contributed by atoms with Gasteiger partial charge < -0.3 is 39.7 Å². The summed E-state index contributed by atoms with van der Waals surface area (Å²) in [5.41, 5.74) is 5.90. The molecule has 0 saturated carbocycles. The highest BCUT2D eigenvalue weighted by Crippen LogP contribution is 2.20. The minimum atomic E-state index is -5.08. The number of alkyl halides is 3. The molecule has 5 fully saturated rings. The van der Waals surface area contributed by atoms with Gasteiger partial charge in [-0.05, 0) is 110 Å². The first-order valence-corrected chi connectivity index (χ1v) is 22.2. The number of nitrogens with zero attached hydrogens (tertiary/aromatic N) is 7. The van der Waals surface area contributed by atoms with Gasteiger partial charge in [-0.3, -0.25) is 19.0 Å². The van der Waals surface area contributed by atoms with Gasteiger partial charge in [-0.2, -0.15) is 28.4 Å². The van der Waals surface area contributed by atoms with E-state index in [-0.39, 0.29) is 31.4 Å². The van der Waals surface area contributed by atoms with E-state index in [1.54, 1.807) is 19.8 Å². The molecule has 3 atom stereocenters. The Bertz CT molecular complexity index is 1970. The summed E-state index contributed by atoms with van der Waals surface area (Å²) in [6.07, 6.45) is 12.4. The zero-order valence-electron chi connectivity index (χ0n) is 38.4. The normalized spacial score (nSPS) is 19.6. The first-order valence-electron chi connectivity index (χ1n) is 22.2. The SMILES string of the molecule is C.C#CC(=O)OCC.C1CCOC1.CCOC(=O)c1cc2n(n1)CCC2.O=C(O)C(F)(F)F.O=C(O)C1CCCN1.O=C1ONN2CCCC12.O=Cc1cc2n(n1)CCC2.O=NN1CCCC1C(=O)O. The Balaban J connectivity index is 0.000000405. The van der Waals surface area contributed by atoms with Gasteiger partial charge in [0.05, 0.1) is 18.5 Å². The Morgan fingerprint density at radius 1 is 0.871 bits per heavy atom. The second-order valence-corrected chi connectivity index (χ2v) is 15.2. The van der Waals surface area contributed by atoms with E-state index in [4.69, 9.17) is 29.6 Å². The van der Waals surface area contributed by atoms with Crippen LogP contribution in [0.4, 0.5) is 13.2 Å². The number of hydrazine groups is 1. The number of carboxylic acids is 3. The Labute approximate surface area is 402 Å². The van der Waals surface area contributed by atoms with Crippen molar-refractivity contribution in [2.24, 2.45) is 5.29 Å². The monoisotopic (exact) mass is 1000 g/mol. The third-order valence-corrected chi connectivity index (χ3v) is 10.2. The molecule has 9 heterocycles. The van der Waals surface area contributed by atoms with Gasteiger partial charge in [-0.1, -0.05) is 13.0 Å². The van der Waals surface area contributed by atoms with Crippen LogP contribution >= 0.6 is 0 Å². The molecule has 0 spiro atoms. The molecule has 0 aliphatic carbocycles. The van der Waals surface area contributed by atoms with Crippen molar-refractivity contribution in [3.8, 4) is 12.3 Å². The average Bonchev–Trinajstić information content (AvgIpc) is 4.17. The minimum absolute atomic E-state index is 0. The van der Waals surface area contributed by atoms with Gasteiger partial charge in [0.2, 0.25) is 0 Å². The molecule has 0 bridgehead atoms. The van der Waals surface area contributed by atoms with E-state index < -0.39 is 36.1 Å². The van der Waals surface area contributed by atoms with Crippen molar-refractivity contribution in [3.05, 3.63) is 39.8 Å². The van der Waals surface area contributed by atoms with Crippen LogP contribution in [-0.2, 0) is 69.0 Å². The first kappa shape index (κ1) is 61.5. The predicted octanol–water partition coefficient (Wildman–Crippen LogP) is 3.36. The van der Waals surface area contributed by atoms with Crippen LogP contribution < -0.4 is 10.9 Å². The number of carboxylic acid groups (broad SMARTS) is 3. The molecule has 9 rings (SSSR count). The second kappa shape index (κ2) is 33.1. The third-order valence-electron chi connectivity index (χ3n) is 10.2. The maximum absolute atomic E-state index is 11.3. The van der Waals surface area contributed by atoms with Crippen molar-refractivity contribution in [1.82, 2.24) is 40.5 Å². The number of aromatic nitrogens is 4. The molecule has 2 aromatic heterocycles. The maximum atomic E-state index is 11.3. The van der Waals surface area contributed by atoms with Gasteiger partial charge in [0, 0.05) is 56.7 Å². The number of carbonyl (C=O) groups excluding carboxylic acids is 4. The number of aliphatic carboxylic acids is 3. The number of halogens is 3. The summed E-state index contributed by atoms with van der Waals surface area (Å²) in [7, 11) is 0. The molecule has 3 unspecified atom stereocenters. The molecular weight excluding hydrogens is 940 g/mol. The number of hydrogen-bond acceptors (Lipinski definition) is 18. The molecule has 7 aliphatic rings. The van der Waals surface area contributed by atoms with Gasteiger partial charge in [0.15, 0.2) is 12.0 Å². The summed E-state index contributed by atoms with van der Waals surface area (Å²) in [5.74, 6) is -3.68. The zero-order valence-corrected chi connectivity index (χ0v) is 38.4. The van der Waals surface area contributed by atoms with Crippen LogP contribution in [0.25, 0.3) is 0 Å². The minimum Gasteiger partial charge on any atom is -0.480 e. The molecule has 70 heavy (non-hydrogen) atoms. The zero-order chi connectivity index (χ0) is 51.4. The van der Waals surface area contributed by atoms with E-state index in [0.29, 0.717) is 37.6 Å². The summed E-state index contributed by atoms with van der Waals surface area (Å²) in [6.45, 7) is 10.4. The summed E-state index contributed by atoms with van der Waals surface area (Å²) in [5, 5.41) is 40.5. The molecule has 0 aromatic carbocycles. The van der Waals surface area contributed by atoms with Gasteiger partial charge in [0.25, 0.3) is 0 Å². The summed E-state index contributed by atoms with van der Waals surface area (Å²) in [6, 6.07) is 2.74. The molecule has 0 amide bonds. The van der Waals surface area contributed by atoms with E-state index in [1.807, 2.05) is 26.5 Å². The topological polar surface area (TPSA) is 313 Å². The molecule has 392 valence electrons. The number of rotatable bonds is 7. The lowest BCUT2D eigenvalue weighted by Crippen LogP contribution is -2.32.